The van der Waals surface area contributed by atoms with Gasteiger partial charge < -0.3 is 10.1 Å². The number of nitriles is 1. The van der Waals surface area contributed by atoms with Crippen LogP contribution in [0.5, 0.6) is 5.88 Å². The monoisotopic (exact) mass is 360 g/mol. The van der Waals surface area contributed by atoms with E-state index in [-0.39, 0.29) is 22.8 Å². The minimum atomic E-state index is -0.973. The Kier molecular flexibility index (Phi) is 5.12. The first-order valence-electron chi connectivity index (χ1n) is 7.05. The molecule has 134 valence electrons. The molecule has 0 aliphatic heterocycles. The second-order valence-corrected chi connectivity index (χ2v) is 5.02. The average molecular weight is 360 g/mol. The lowest BCUT2D eigenvalue weighted by Gasteiger charge is -2.13. The molecule has 0 bridgehead atoms. The molecule has 1 aromatic carbocycles. The highest BCUT2D eigenvalue weighted by molar-refractivity contribution is 5.94. The number of nitro benzene ring substituents is 1. The van der Waals surface area contributed by atoms with Crippen LogP contribution in [-0.4, -0.2) is 32.6 Å². The molecule has 1 heterocycles. The van der Waals surface area contributed by atoms with Crippen LogP contribution in [0.2, 0.25) is 0 Å². The Balaban J connectivity index is 2.26. The molecule has 1 atom stereocenters. The van der Waals surface area contributed by atoms with Crippen LogP contribution in [-0.2, 0) is 4.79 Å². The molecule has 0 aliphatic carbocycles. The zero-order valence-corrected chi connectivity index (χ0v) is 13.6. The lowest BCUT2D eigenvalue weighted by Crippen LogP contribution is -2.24. The molecule has 0 spiro atoms. The third kappa shape index (κ3) is 3.56. The van der Waals surface area contributed by atoms with E-state index in [1.165, 1.54) is 20.1 Å². The van der Waals surface area contributed by atoms with E-state index >= 15 is 0 Å². The van der Waals surface area contributed by atoms with Gasteiger partial charge in [-0.1, -0.05) is 0 Å². The van der Waals surface area contributed by atoms with E-state index in [1.807, 2.05) is 0 Å². The summed E-state index contributed by atoms with van der Waals surface area (Å²) in [5, 5.41) is 37.0. The van der Waals surface area contributed by atoms with Gasteiger partial charge in [0.1, 0.15) is 18.3 Å². The number of non-ortho nitro benzene ring substituents is 1. The van der Waals surface area contributed by atoms with Crippen molar-refractivity contribution in [3.05, 3.63) is 50.2 Å². The van der Waals surface area contributed by atoms with E-state index in [0.717, 1.165) is 23.0 Å². The predicted octanol–water partition coefficient (Wildman–Crippen LogP) is 1.78. The van der Waals surface area contributed by atoms with Crippen LogP contribution in [0.25, 0.3) is 0 Å². The summed E-state index contributed by atoms with van der Waals surface area (Å²) < 4.78 is 5.84. The molecular weight excluding hydrogens is 348 g/mol. The zero-order valence-electron chi connectivity index (χ0n) is 13.6. The SMILES string of the molecule is COc1nn(C(C)C(=O)Nc2ccc([N+](=O)[O-])cc2C#N)cc1[N+](=O)[O-]. The number of hydrogen-bond donors (Lipinski definition) is 1. The molecule has 0 saturated carbocycles. The van der Waals surface area contributed by atoms with E-state index in [1.54, 1.807) is 6.07 Å². The van der Waals surface area contributed by atoms with E-state index in [0.29, 0.717) is 0 Å². The Morgan fingerprint density at radius 3 is 2.58 bits per heavy atom. The molecule has 1 unspecified atom stereocenters. The molecule has 0 fully saturated rings. The smallest absolute Gasteiger partial charge is 0.350 e. The number of aromatic nitrogens is 2. The summed E-state index contributed by atoms with van der Waals surface area (Å²) in [4.78, 5) is 32.7. The molecule has 26 heavy (non-hydrogen) atoms. The van der Waals surface area contributed by atoms with Crippen molar-refractivity contribution in [3.63, 3.8) is 0 Å². The number of carbonyl (C=O) groups is 1. The van der Waals surface area contributed by atoms with Crippen molar-refractivity contribution in [2.45, 2.75) is 13.0 Å². The van der Waals surface area contributed by atoms with Crippen molar-refractivity contribution in [1.29, 1.82) is 5.26 Å². The van der Waals surface area contributed by atoms with Crippen LogP contribution in [0.15, 0.2) is 24.4 Å². The number of hydrogen-bond acceptors (Lipinski definition) is 8. The van der Waals surface area contributed by atoms with Gasteiger partial charge in [-0.2, -0.15) is 5.26 Å². The minimum absolute atomic E-state index is 0.0728. The van der Waals surface area contributed by atoms with Gasteiger partial charge in [-0.3, -0.25) is 25.0 Å². The molecule has 2 rings (SSSR count). The largest absolute Gasteiger partial charge is 0.475 e. The minimum Gasteiger partial charge on any atom is -0.475 e. The summed E-state index contributed by atoms with van der Waals surface area (Å²) in [5.74, 6) is -0.877. The second-order valence-electron chi connectivity index (χ2n) is 5.02. The van der Waals surface area contributed by atoms with Gasteiger partial charge in [-0.05, 0) is 13.0 Å². The fourth-order valence-electron chi connectivity index (χ4n) is 2.04. The maximum absolute atomic E-state index is 12.4. The summed E-state index contributed by atoms with van der Waals surface area (Å²) in [6.07, 6.45) is 1.05. The molecule has 0 radical (unpaired) electrons. The number of ether oxygens (including phenoxy) is 1. The normalized spacial score (nSPS) is 11.3. The Labute approximate surface area is 145 Å². The topological polar surface area (TPSA) is 166 Å². The number of nitrogens with zero attached hydrogens (tertiary/aromatic N) is 5. The summed E-state index contributed by atoms with van der Waals surface area (Å²) in [7, 11) is 1.21. The highest BCUT2D eigenvalue weighted by Crippen LogP contribution is 2.27. The van der Waals surface area contributed by atoms with E-state index in [4.69, 9.17) is 10.00 Å². The van der Waals surface area contributed by atoms with Crippen LogP contribution in [0.4, 0.5) is 17.1 Å². The van der Waals surface area contributed by atoms with Gasteiger partial charge in [0.25, 0.3) is 5.69 Å². The predicted molar refractivity (Wildman–Crippen MR) is 86.6 cm³/mol. The van der Waals surface area contributed by atoms with Gasteiger partial charge in [0.2, 0.25) is 5.91 Å². The van der Waals surface area contributed by atoms with Gasteiger partial charge >= 0.3 is 11.6 Å². The van der Waals surface area contributed by atoms with Gasteiger partial charge in [0.15, 0.2) is 0 Å². The molecular formula is C14H12N6O6. The second kappa shape index (κ2) is 7.26. The summed E-state index contributed by atoms with van der Waals surface area (Å²) in [6.45, 7) is 1.43. The molecule has 12 nitrogen and oxygen atoms in total. The first-order chi connectivity index (χ1) is 12.3. The van der Waals surface area contributed by atoms with E-state index < -0.39 is 27.5 Å². The number of rotatable bonds is 6. The van der Waals surface area contributed by atoms with Crippen molar-refractivity contribution in [1.82, 2.24) is 9.78 Å². The molecule has 1 aromatic heterocycles. The van der Waals surface area contributed by atoms with Crippen molar-refractivity contribution >= 4 is 23.0 Å². The number of nitro groups is 2. The molecule has 0 saturated heterocycles. The van der Waals surface area contributed by atoms with Crippen LogP contribution in [0.1, 0.15) is 18.5 Å². The lowest BCUT2D eigenvalue weighted by atomic mass is 10.1. The average Bonchev–Trinajstić information content (AvgIpc) is 3.05. The van der Waals surface area contributed by atoms with E-state index in [2.05, 4.69) is 10.4 Å². The summed E-state index contributed by atoms with van der Waals surface area (Å²) >= 11 is 0. The van der Waals surface area contributed by atoms with Gasteiger partial charge in [0.05, 0.1) is 28.2 Å². The Morgan fingerprint density at radius 2 is 2.08 bits per heavy atom. The quantitative estimate of drug-likeness (QED) is 0.601. The summed E-state index contributed by atoms with van der Waals surface area (Å²) in [6, 6.07) is 4.19. The summed E-state index contributed by atoms with van der Waals surface area (Å²) in [5.41, 5.74) is -0.715. The maximum atomic E-state index is 12.4. The number of nitrogens with one attached hydrogen (secondary N) is 1. The third-order valence-corrected chi connectivity index (χ3v) is 3.44. The molecule has 12 heteroatoms. The molecule has 0 aliphatic rings. The highest BCUT2D eigenvalue weighted by atomic mass is 16.6. The fourth-order valence-corrected chi connectivity index (χ4v) is 2.04. The first-order valence-corrected chi connectivity index (χ1v) is 7.05. The van der Waals surface area contributed by atoms with Gasteiger partial charge in [-0.25, -0.2) is 4.68 Å². The Bertz CT molecular complexity index is 930. The zero-order chi connectivity index (χ0) is 19.4. The lowest BCUT2D eigenvalue weighted by molar-refractivity contribution is -0.385. The Hall–Kier alpha value is -4.01. The molecule has 1 N–H and O–H groups in total. The van der Waals surface area contributed by atoms with Crippen molar-refractivity contribution < 1.29 is 19.4 Å². The Morgan fingerprint density at radius 1 is 1.38 bits per heavy atom. The molecule has 1 amide bonds. The first kappa shape index (κ1) is 18.3. The van der Waals surface area contributed by atoms with Gasteiger partial charge in [0, 0.05) is 12.1 Å². The number of benzene rings is 1. The van der Waals surface area contributed by atoms with Crippen LogP contribution in [0, 0.1) is 31.6 Å². The van der Waals surface area contributed by atoms with Crippen molar-refractivity contribution in [2.24, 2.45) is 0 Å². The van der Waals surface area contributed by atoms with E-state index in [9.17, 15) is 25.0 Å². The number of amides is 1. The number of carbonyl (C=O) groups excluding carboxylic acids is 1. The highest BCUT2D eigenvalue weighted by Gasteiger charge is 2.25. The number of anilines is 1. The van der Waals surface area contributed by atoms with Crippen LogP contribution >= 0.6 is 0 Å². The van der Waals surface area contributed by atoms with Crippen LogP contribution in [0.3, 0.4) is 0 Å². The number of methoxy groups -OCH3 is 1. The third-order valence-electron chi connectivity index (χ3n) is 3.44. The van der Waals surface area contributed by atoms with Crippen molar-refractivity contribution in [2.75, 3.05) is 12.4 Å². The van der Waals surface area contributed by atoms with Crippen molar-refractivity contribution in [3.8, 4) is 11.9 Å². The molecule has 2 aromatic rings. The fraction of sp³-hybridized carbons (Fsp3) is 0.214. The van der Waals surface area contributed by atoms with Crippen LogP contribution < -0.4 is 10.1 Å². The standard InChI is InChI=1S/C14H12N6O6/c1-8(18-7-12(20(24)25)14(17-18)26-2)13(21)16-11-4-3-10(19(22)23)5-9(11)6-15/h3-5,7-8H,1-2H3,(H,16,21). The van der Waals surface area contributed by atoms with Gasteiger partial charge in [-0.15, -0.1) is 5.10 Å². The maximum Gasteiger partial charge on any atom is 0.350 e.